The van der Waals surface area contributed by atoms with E-state index in [0.29, 0.717) is 11.1 Å². The van der Waals surface area contributed by atoms with Crippen molar-refractivity contribution in [3.63, 3.8) is 0 Å². The van der Waals surface area contributed by atoms with Crippen LogP contribution in [0, 0.1) is 5.82 Å². The molecule has 0 N–H and O–H groups in total. The molecule has 0 aliphatic heterocycles. The Morgan fingerprint density at radius 3 is 2.54 bits per heavy atom. The molecule has 0 aliphatic carbocycles. The summed E-state index contributed by atoms with van der Waals surface area (Å²) in [6.45, 7) is 0. The number of aromatic nitrogens is 1. The first-order chi connectivity index (χ1) is 11.2. The molecule has 1 unspecified atom stereocenters. The number of ether oxygens (including phenoxy) is 1. The van der Waals surface area contributed by atoms with Crippen LogP contribution in [0.25, 0.3) is 0 Å². The zero-order chi connectivity index (χ0) is 17.9. The molecule has 128 valence electrons. The van der Waals surface area contributed by atoms with Gasteiger partial charge in [0.25, 0.3) is 0 Å². The van der Waals surface area contributed by atoms with Gasteiger partial charge in [-0.05, 0) is 35.9 Å². The predicted octanol–water partition coefficient (Wildman–Crippen LogP) is 4.59. The minimum atomic E-state index is -4.71. The molecular formula is C16H12ClF4NO2. The lowest BCUT2D eigenvalue weighted by Crippen LogP contribution is -2.13. The Labute approximate surface area is 140 Å². The van der Waals surface area contributed by atoms with E-state index < -0.39 is 29.4 Å². The van der Waals surface area contributed by atoms with Gasteiger partial charge in [-0.1, -0.05) is 11.6 Å². The number of nitrogens with zero attached hydrogens (tertiary/aromatic N) is 1. The fraction of sp³-hybridized carbons (Fsp3) is 0.250. The number of carbonyl (C=O) groups is 1. The van der Waals surface area contributed by atoms with Gasteiger partial charge in [-0.25, -0.2) is 4.39 Å². The maximum Gasteiger partial charge on any atom is 0.416 e. The molecule has 0 fully saturated rings. The van der Waals surface area contributed by atoms with Gasteiger partial charge < -0.3 is 4.74 Å². The van der Waals surface area contributed by atoms with Gasteiger partial charge >= 0.3 is 12.1 Å². The summed E-state index contributed by atoms with van der Waals surface area (Å²) in [7, 11) is 1.15. The molecule has 1 aromatic carbocycles. The number of benzene rings is 1. The third-order valence-electron chi connectivity index (χ3n) is 3.36. The molecule has 24 heavy (non-hydrogen) atoms. The highest BCUT2D eigenvalue weighted by molar-refractivity contribution is 6.30. The first-order valence-corrected chi connectivity index (χ1v) is 7.14. The van der Waals surface area contributed by atoms with Crippen molar-refractivity contribution in [3.05, 3.63) is 64.2 Å². The molecular weight excluding hydrogens is 350 g/mol. The predicted molar refractivity (Wildman–Crippen MR) is 79.1 cm³/mol. The summed E-state index contributed by atoms with van der Waals surface area (Å²) in [4.78, 5) is 15.6. The molecule has 0 radical (unpaired) electrons. The van der Waals surface area contributed by atoms with E-state index >= 15 is 0 Å². The Morgan fingerprint density at radius 1 is 1.29 bits per heavy atom. The molecule has 0 spiro atoms. The van der Waals surface area contributed by atoms with Gasteiger partial charge in [-0.2, -0.15) is 13.2 Å². The lowest BCUT2D eigenvalue weighted by atomic mass is 9.90. The summed E-state index contributed by atoms with van der Waals surface area (Å²) in [5.74, 6) is -2.61. The highest BCUT2D eigenvalue weighted by Crippen LogP contribution is 2.35. The van der Waals surface area contributed by atoms with Gasteiger partial charge in [0.05, 0.1) is 24.1 Å². The van der Waals surface area contributed by atoms with Crippen LogP contribution in [0.3, 0.4) is 0 Å². The Kier molecular flexibility index (Phi) is 5.43. The summed E-state index contributed by atoms with van der Waals surface area (Å²) >= 11 is 5.74. The molecule has 0 bridgehead atoms. The maximum absolute atomic E-state index is 13.7. The fourth-order valence-corrected chi connectivity index (χ4v) is 2.33. The highest BCUT2D eigenvalue weighted by atomic mass is 35.5. The van der Waals surface area contributed by atoms with Gasteiger partial charge in [0.15, 0.2) is 0 Å². The van der Waals surface area contributed by atoms with Gasteiger partial charge in [0.1, 0.15) is 5.82 Å². The minimum Gasteiger partial charge on any atom is -0.469 e. The molecule has 1 aromatic heterocycles. The average Bonchev–Trinajstić information content (AvgIpc) is 2.52. The van der Waals surface area contributed by atoms with Crippen LogP contribution in [0.5, 0.6) is 0 Å². The first kappa shape index (κ1) is 18.2. The zero-order valence-corrected chi connectivity index (χ0v) is 13.2. The number of pyridine rings is 1. The minimum absolute atomic E-state index is 0.0254. The van der Waals surface area contributed by atoms with Crippen molar-refractivity contribution in [2.45, 2.75) is 18.5 Å². The second kappa shape index (κ2) is 7.17. The second-order valence-electron chi connectivity index (χ2n) is 5.01. The molecule has 1 heterocycles. The van der Waals surface area contributed by atoms with E-state index in [1.807, 2.05) is 0 Å². The highest BCUT2D eigenvalue weighted by Gasteiger charge is 2.32. The molecule has 0 amide bonds. The molecule has 0 saturated heterocycles. The monoisotopic (exact) mass is 361 g/mol. The Hall–Kier alpha value is -2.15. The molecule has 2 rings (SSSR count). The van der Waals surface area contributed by atoms with Gasteiger partial charge in [0.2, 0.25) is 0 Å². The van der Waals surface area contributed by atoms with Crippen LogP contribution in [0.2, 0.25) is 5.02 Å². The number of rotatable bonds is 4. The van der Waals surface area contributed by atoms with Crippen molar-refractivity contribution in [3.8, 4) is 0 Å². The molecule has 2 aromatic rings. The van der Waals surface area contributed by atoms with Crippen LogP contribution < -0.4 is 0 Å². The number of carbonyl (C=O) groups excluding carboxylic acids is 1. The number of hydrogen-bond acceptors (Lipinski definition) is 3. The van der Waals surface area contributed by atoms with E-state index in [1.165, 1.54) is 18.3 Å². The van der Waals surface area contributed by atoms with Crippen LogP contribution in [-0.2, 0) is 15.7 Å². The Morgan fingerprint density at radius 2 is 2.00 bits per heavy atom. The molecule has 3 nitrogen and oxygen atoms in total. The van der Waals surface area contributed by atoms with Crippen LogP contribution in [0.1, 0.15) is 29.2 Å². The third-order valence-corrected chi connectivity index (χ3v) is 3.58. The standard InChI is InChI=1S/C16H12ClF4NO2/c1-24-15(23)7-13(14-3-2-11(17)8-22-14)9-4-10(16(19,20)21)6-12(18)5-9/h2-6,8,13H,7H2,1H3. The van der Waals surface area contributed by atoms with Crippen LogP contribution in [0.15, 0.2) is 36.5 Å². The van der Waals surface area contributed by atoms with Gasteiger partial charge in [-0.15, -0.1) is 0 Å². The van der Waals surface area contributed by atoms with Crippen molar-refractivity contribution < 1.29 is 27.1 Å². The largest absolute Gasteiger partial charge is 0.469 e. The zero-order valence-electron chi connectivity index (χ0n) is 12.4. The number of alkyl halides is 3. The Bertz CT molecular complexity index is 732. The molecule has 0 aliphatic rings. The third kappa shape index (κ3) is 4.44. The van der Waals surface area contributed by atoms with Crippen molar-refractivity contribution in [2.75, 3.05) is 7.11 Å². The van der Waals surface area contributed by atoms with E-state index in [9.17, 15) is 22.4 Å². The summed E-state index contributed by atoms with van der Waals surface area (Å²) in [6, 6.07) is 5.09. The number of hydrogen-bond donors (Lipinski definition) is 0. The summed E-state index contributed by atoms with van der Waals surface area (Å²) in [5.41, 5.74) is -0.882. The normalized spacial score (nSPS) is 12.8. The van der Waals surface area contributed by atoms with Crippen molar-refractivity contribution >= 4 is 17.6 Å². The summed E-state index contributed by atoms with van der Waals surface area (Å²) in [6.07, 6.45) is -3.70. The van der Waals surface area contributed by atoms with Crippen molar-refractivity contribution in [1.29, 1.82) is 0 Å². The van der Waals surface area contributed by atoms with Crippen LogP contribution in [0.4, 0.5) is 17.6 Å². The van der Waals surface area contributed by atoms with Crippen molar-refractivity contribution in [1.82, 2.24) is 4.98 Å². The second-order valence-corrected chi connectivity index (χ2v) is 5.44. The molecule has 8 heteroatoms. The number of halogens is 5. The summed E-state index contributed by atoms with van der Waals surface area (Å²) < 4.78 is 56.9. The van der Waals surface area contributed by atoms with Crippen LogP contribution >= 0.6 is 11.6 Å². The fourth-order valence-electron chi connectivity index (χ4n) is 2.21. The first-order valence-electron chi connectivity index (χ1n) is 6.76. The average molecular weight is 362 g/mol. The Balaban J connectivity index is 2.52. The molecule has 0 saturated carbocycles. The lowest BCUT2D eigenvalue weighted by molar-refractivity contribution is -0.140. The quantitative estimate of drug-likeness (QED) is 0.590. The van der Waals surface area contributed by atoms with E-state index in [0.717, 1.165) is 19.2 Å². The topological polar surface area (TPSA) is 39.2 Å². The van der Waals surface area contributed by atoms with Gasteiger partial charge in [0, 0.05) is 17.8 Å². The lowest BCUT2D eigenvalue weighted by Gasteiger charge is -2.18. The number of methoxy groups -OCH3 is 1. The van der Waals surface area contributed by atoms with E-state index in [1.54, 1.807) is 0 Å². The van der Waals surface area contributed by atoms with Crippen molar-refractivity contribution in [2.24, 2.45) is 0 Å². The smallest absolute Gasteiger partial charge is 0.416 e. The molecule has 1 atom stereocenters. The van der Waals surface area contributed by atoms with Crippen LogP contribution in [-0.4, -0.2) is 18.1 Å². The van der Waals surface area contributed by atoms with E-state index in [4.69, 9.17) is 11.6 Å². The van der Waals surface area contributed by atoms with E-state index in [-0.39, 0.29) is 17.7 Å². The van der Waals surface area contributed by atoms with Gasteiger partial charge in [-0.3, -0.25) is 9.78 Å². The van der Waals surface area contributed by atoms with E-state index in [2.05, 4.69) is 9.72 Å². The number of esters is 1. The summed E-state index contributed by atoms with van der Waals surface area (Å²) in [5, 5.41) is 0.325. The maximum atomic E-state index is 13.7. The SMILES string of the molecule is COC(=O)CC(c1cc(F)cc(C(F)(F)F)c1)c1ccc(Cl)cn1.